The zero-order valence-electron chi connectivity index (χ0n) is 12.1. The topological polar surface area (TPSA) is 74.6 Å². The summed E-state index contributed by atoms with van der Waals surface area (Å²) in [7, 11) is 0. The predicted molar refractivity (Wildman–Crippen MR) is 82.5 cm³/mol. The Morgan fingerprint density at radius 3 is 1.41 bits per heavy atom. The van der Waals surface area contributed by atoms with Gasteiger partial charge in [0.2, 0.25) is 0 Å². The Balaban J connectivity index is 2.27. The van der Waals surface area contributed by atoms with E-state index in [0.717, 1.165) is 11.1 Å². The second-order valence-electron chi connectivity index (χ2n) is 5.29. The molecule has 0 amide bonds. The van der Waals surface area contributed by atoms with Crippen molar-refractivity contribution in [2.45, 2.75) is 12.8 Å². The first-order valence-corrected chi connectivity index (χ1v) is 7.11. The van der Waals surface area contributed by atoms with Crippen molar-refractivity contribution >= 4 is 11.9 Å². The van der Waals surface area contributed by atoms with Gasteiger partial charge in [-0.15, -0.1) is 0 Å². The van der Waals surface area contributed by atoms with Crippen LogP contribution in [0.3, 0.4) is 0 Å². The molecule has 2 aromatic rings. The van der Waals surface area contributed by atoms with Gasteiger partial charge >= 0.3 is 11.9 Å². The lowest BCUT2D eigenvalue weighted by Crippen LogP contribution is -2.33. The Hall–Kier alpha value is -2.62. The lowest BCUT2D eigenvalue weighted by atomic mass is 9.82. The number of carbonyl (C=O) groups is 2. The number of hydrogen-bond donors (Lipinski definition) is 2. The smallest absolute Gasteiger partial charge is 0.318 e. The van der Waals surface area contributed by atoms with Crippen LogP contribution in [0.2, 0.25) is 0 Å². The molecule has 0 fully saturated rings. The van der Waals surface area contributed by atoms with Gasteiger partial charge in [0.1, 0.15) is 0 Å². The summed E-state index contributed by atoms with van der Waals surface area (Å²) >= 11 is 0. The molecular formula is C18H18O4. The first-order valence-electron chi connectivity index (χ1n) is 7.11. The van der Waals surface area contributed by atoms with E-state index in [4.69, 9.17) is 0 Å². The molecule has 0 aliphatic rings. The van der Waals surface area contributed by atoms with Crippen LogP contribution < -0.4 is 0 Å². The number of rotatable bonds is 7. The number of benzene rings is 2. The summed E-state index contributed by atoms with van der Waals surface area (Å²) in [6.07, 6.45) is 0.831. The second kappa shape index (κ2) is 7.41. The van der Waals surface area contributed by atoms with Gasteiger partial charge in [0.25, 0.3) is 0 Å². The molecule has 0 spiro atoms. The van der Waals surface area contributed by atoms with E-state index in [2.05, 4.69) is 0 Å². The summed E-state index contributed by atoms with van der Waals surface area (Å²) in [5.74, 6) is -4.49. The van der Waals surface area contributed by atoms with E-state index in [0.29, 0.717) is 12.8 Å². The molecule has 2 rings (SSSR count). The van der Waals surface area contributed by atoms with Crippen molar-refractivity contribution in [3.63, 3.8) is 0 Å². The minimum atomic E-state index is -1.42. The molecule has 2 aromatic carbocycles. The first-order chi connectivity index (χ1) is 10.6. The zero-order chi connectivity index (χ0) is 15.9. The second-order valence-corrected chi connectivity index (χ2v) is 5.29. The van der Waals surface area contributed by atoms with Crippen LogP contribution in [0.15, 0.2) is 60.7 Å². The fourth-order valence-corrected chi connectivity index (χ4v) is 2.65. The Bertz CT molecular complexity index is 567. The average Bonchev–Trinajstić information content (AvgIpc) is 2.48. The van der Waals surface area contributed by atoms with E-state index in [1.54, 1.807) is 0 Å². The summed E-state index contributed by atoms with van der Waals surface area (Å²) in [5, 5.41) is 18.6. The standard InChI is InChI=1S/C18H18O4/c19-17(20)16(18(21)22)15(11-13-7-3-1-4-8-13)12-14-9-5-2-6-10-14/h1-10,15-16H,11-12H2,(H,19,20)(H,21,22). The average molecular weight is 298 g/mol. The van der Waals surface area contributed by atoms with E-state index >= 15 is 0 Å². The maximum Gasteiger partial charge on any atom is 0.318 e. The maximum absolute atomic E-state index is 11.4. The molecule has 22 heavy (non-hydrogen) atoms. The van der Waals surface area contributed by atoms with Crippen LogP contribution in [0, 0.1) is 11.8 Å². The molecule has 0 atom stereocenters. The normalized spacial score (nSPS) is 10.8. The van der Waals surface area contributed by atoms with E-state index in [1.165, 1.54) is 0 Å². The lowest BCUT2D eigenvalue weighted by molar-refractivity contribution is -0.157. The highest BCUT2D eigenvalue weighted by Crippen LogP contribution is 2.23. The monoisotopic (exact) mass is 298 g/mol. The summed E-state index contributed by atoms with van der Waals surface area (Å²) in [5.41, 5.74) is 1.88. The van der Waals surface area contributed by atoms with Crippen molar-refractivity contribution in [1.82, 2.24) is 0 Å². The van der Waals surface area contributed by atoms with Gasteiger partial charge < -0.3 is 10.2 Å². The number of hydrogen-bond acceptors (Lipinski definition) is 2. The van der Waals surface area contributed by atoms with Gasteiger partial charge in [-0.05, 0) is 29.9 Å². The molecule has 0 unspecified atom stereocenters. The Kier molecular flexibility index (Phi) is 5.31. The highest BCUT2D eigenvalue weighted by atomic mass is 16.4. The SMILES string of the molecule is O=C(O)C(C(=O)O)C(Cc1ccccc1)Cc1ccccc1. The largest absolute Gasteiger partial charge is 0.481 e. The molecule has 0 aliphatic carbocycles. The Morgan fingerprint density at radius 1 is 0.727 bits per heavy atom. The van der Waals surface area contributed by atoms with Gasteiger partial charge in [-0.2, -0.15) is 0 Å². The molecule has 0 aliphatic heterocycles. The fraction of sp³-hybridized carbons (Fsp3) is 0.222. The van der Waals surface area contributed by atoms with Crippen LogP contribution >= 0.6 is 0 Å². The van der Waals surface area contributed by atoms with Crippen LogP contribution in [0.25, 0.3) is 0 Å². The number of carboxylic acids is 2. The van der Waals surface area contributed by atoms with Gasteiger partial charge in [0, 0.05) is 0 Å². The maximum atomic E-state index is 11.4. The van der Waals surface area contributed by atoms with Gasteiger partial charge in [0.15, 0.2) is 5.92 Å². The predicted octanol–water partition coefficient (Wildman–Crippen LogP) is 2.87. The van der Waals surface area contributed by atoms with Gasteiger partial charge in [0.05, 0.1) is 0 Å². The third-order valence-electron chi connectivity index (χ3n) is 3.68. The zero-order valence-corrected chi connectivity index (χ0v) is 12.1. The minimum absolute atomic E-state index is 0.416. The molecule has 0 aromatic heterocycles. The van der Waals surface area contributed by atoms with Gasteiger partial charge in [-0.3, -0.25) is 9.59 Å². The highest BCUT2D eigenvalue weighted by Gasteiger charge is 2.34. The molecule has 0 heterocycles. The number of carboxylic acid groups (broad SMARTS) is 2. The third-order valence-corrected chi connectivity index (χ3v) is 3.68. The molecule has 0 saturated heterocycles. The molecule has 4 heteroatoms. The van der Waals surface area contributed by atoms with E-state index in [-0.39, 0.29) is 0 Å². The Labute approximate surface area is 129 Å². The molecular weight excluding hydrogens is 280 g/mol. The van der Waals surface area contributed by atoms with Crippen molar-refractivity contribution < 1.29 is 19.8 Å². The van der Waals surface area contributed by atoms with Crippen molar-refractivity contribution in [1.29, 1.82) is 0 Å². The van der Waals surface area contributed by atoms with E-state index < -0.39 is 23.8 Å². The molecule has 4 nitrogen and oxygen atoms in total. The van der Waals surface area contributed by atoms with Gasteiger partial charge in [-0.25, -0.2) is 0 Å². The van der Waals surface area contributed by atoms with Crippen LogP contribution in [0.1, 0.15) is 11.1 Å². The summed E-state index contributed by atoms with van der Waals surface area (Å²) < 4.78 is 0. The van der Waals surface area contributed by atoms with E-state index in [9.17, 15) is 19.8 Å². The third kappa shape index (κ3) is 4.19. The molecule has 0 radical (unpaired) electrons. The van der Waals surface area contributed by atoms with Crippen molar-refractivity contribution in [3.8, 4) is 0 Å². The lowest BCUT2D eigenvalue weighted by Gasteiger charge is -2.21. The summed E-state index contributed by atoms with van der Waals surface area (Å²) in [6, 6.07) is 18.8. The molecule has 0 saturated carbocycles. The highest BCUT2D eigenvalue weighted by molar-refractivity contribution is 5.93. The summed E-state index contributed by atoms with van der Waals surface area (Å²) in [4.78, 5) is 22.8. The van der Waals surface area contributed by atoms with Crippen LogP contribution in [0.5, 0.6) is 0 Å². The van der Waals surface area contributed by atoms with Crippen molar-refractivity contribution in [2.24, 2.45) is 11.8 Å². The molecule has 114 valence electrons. The minimum Gasteiger partial charge on any atom is -0.481 e. The van der Waals surface area contributed by atoms with Crippen LogP contribution in [-0.2, 0) is 22.4 Å². The quantitative estimate of drug-likeness (QED) is 0.771. The van der Waals surface area contributed by atoms with Crippen molar-refractivity contribution in [2.75, 3.05) is 0 Å². The Morgan fingerprint density at radius 2 is 1.09 bits per heavy atom. The van der Waals surface area contributed by atoms with Crippen molar-refractivity contribution in [3.05, 3.63) is 71.8 Å². The first kappa shape index (κ1) is 15.8. The number of aliphatic carboxylic acids is 2. The van der Waals surface area contributed by atoms with E-state index in [1.807, 2.05) is 60.7 Å². The molecule has 2 N–H and O–H groups in total. The fourth-order valence-electron chi connectivity index (χ4n) is 2.65. The summed E-state index contributed by atoms with van der Waals surface area (Å²) in [6.45, 7) is 0. The van der Waals surface area contributed by atoms with Gasteiger partial charge in [-0.1, -0.05) is 60.7 Å². The molecule has 0 bridgehead atoms. The van der Waals surface area contributed by atoms with Crippen LogP contribution in [0.4, 0.5) is 0 Å². The van der Waals surface area contributed by atoms with Crippen LogP contribution in [-0.4, -0.2) is 22.2 Å².